The van der Waals surface area contributed by atoms with Gasteiger partial charge in [0.15, 0.2) is 0 Å². The van der Waals surface area contributed by atoms with E-state index < -0.39 is 0 Å². The van der Waals surface area contributed by atoms with Crippen LogP contribution in [0.15, 0.2) is 78.1 Å². The molecule has 0 bridgehead atoms. The Morgan fingerprint density at radius 1 is 1.06 bits per heavy atom. The molecule has 0 saturated heterocycles. The van der Waals surface area contributed by atoms with Gasteiger partial charge in [0.25, 0.3) is 0 Å². The minimum Gasteiger partial charge on any atom is -0.391 e. The number of allylic oxidation sites excluding steroid dienone is 6. The molecular weight excluding hydrogens is 422 g/mol. The van der Waals surface area contributed by atoms with Crippen molar-refractivity contribution in [1.82, 2.24) is 5.32 Å². The molecule has 2 rings (SSSR count). The van der Waals surface area contributed by atoms with E-state index in [-0.39, 0.29) is 0 Å². The maximum absolute atomic E-state index is 4.53. The van der Waals surface area contributed by atoms with E-state index in [1.165, 1.54) is 74.6 Å². The maximum atomic E-state index is 4.53. The van der Waals surface area contributed by atoms with E-state index in [4.69, 9.17) is 0 Å². The highest BCUT2D eigenvalue weighted by atomic mass is 14.8. The van der Waals surface area contributed by atoms with Gasteiger partial charge < -0.3 is 5.32 Å². The fourth-order valence-corrected chi connectivity index (χ4v) is 6.30. The Morgan fingerprint density at radius 3 is 2.37 bits per heavy atom. The van der Waals surface area contributed by atoms with Crippen LogP contribution in [0, 0.1) is 17.3 Å². The van der Waals surface area contributed by atoms with Gasteiger partial charge in [-0.1, -0.05) is 108 Å². The monoisotopic (exact) mass is 475 g/mol. The number of benzene rings is 1. The molecule has 0 heterocycles. The highest BCUT2D eigenvalue weighted by Crippen LogP contribution is 2.53. The van der Waals surface area contributed by atoms with E-state index in [0.29, 0.717) is 17.3 Å². The Kier molecular flexibility index (Phi) is 12.1. The molecule has 1 nitrogen and oxygen atoms in total. The maximum Gasteiger partial charge on any atom is 0.0149 e. The van der Waals surface area contributed by atoms with Crippen LogP contribution in [0.3, 0.4) is 0 Å². The minimum absolute atomic E-state index is 0.462. The lowest BCUT2D eigenvalue weighted by atomic mass is 9.59. The average molecular weight is 476 g/mol. The second-order valence-corrected chi connectivity index (χ2v) is 11.5. The molecule has 1 saturated carbocycles. The van der Waals surface area contributed by atoms with E-state index in [0.717, 1.165) is 17.9 Å². The van der Waals surface area contributed by atoms with E-state index in [1.54, 1.807) is 5.56 Å². The van der Waals surface area contributed by atoms with Crippen molar-refractivity contribution in [2.45, 2.75) is 105 Å². The number of rotatable bonds is 14. The summed E-state index contributed by atoms with van der Waals surface area (Å²) in [5.74, 6) is 2.04. The van der Waals surface area contributed by atoms with Gasteiger partial charge in [-0.05, 0) is 91.7 Å². The number of hydrogen-bond acceptors (Lipinski definition) is 1. The molecule has 194 valence electrons. The normalized spacial score (nSPS) is 23.4. The van der Waals surface area contributed by atoms with Gasteiger partial charge in [-0.2, -0.15) is 0 Å². The largest absolute Gasteiger partial charge is 0.391 e. The Balaban J connectivity index is 2.16. The van der Waals surface area contributed by atoms with Crippen molar-refractivity contribution in [3.05, 3.63) is 83.6 Å². The molecule has 35 heavy (non-hydrogen) atoms. The zero-order valence-corrected chi connectivity index (χ0v) is 23.8. The SMILES string of the molecule is C=C(CCCC1(CCC)CC(CCC)CC(c2ccccc2)C1)C(/C=C\C(=C)C(C)C)=C(/C)NC. The molecule has 1 aromatic rings. The topological polar surface area (TPSA) is 12.0 Å². The first kappa shape index (κ1) is 29.2. The first-order valence-corrected chi connectivity index (χ1v) is 14.2. The molecule has 0 radical (unpaired) electrons. The van der Waals surface area contributed by atoms with Crippen molar-refractivity contribution in [2.75, 3.05) is 7.05 Å². The second-order valence-electron chi connectivity index (χ2n) is 11.5. The molecule has 1 fully saturated rings. The van der Waals surface area contributed by atoms with E-state index >= 15 is 0 Å². The van der Waals surface area contributed by atoms with Crippen LogP contribution in [0.5, 0.6) is 0 Å². The first-order chi connectivity index (χ1) is 16.7. The summed E-state index contributed by atoms with van der Waals surface area (Å²) in [6, 6.07) is 11.3. The molecule has 3 atom stereocenters. The van der Waals surface area contributed by atoms with Crippen LogP contribution < -0.4 is 5.32 Å². The van der Waals surface area contributed by atoms with Gasteiger partial charge >= 0.3 is 0 Å². The van der Waals surface area contributed by atoms with Crippen LogP contribution in [0.4, 0.5) is 0 Å². The number of hydrogen-bond donors (Lipinski definition) is 1. The molecule has 1 aliphatic carbocycles. The average Bonchev–Trinajstić information content (AvgIpc) is 2.84. The van der Waals surface area contributed by atoms with Crippen LogP contribution in [0.2, 0.25) is 0 Å². The van der Waals surface area contributed by atoms with Crippen LogP contribution in [0.1, 0.15) is 110 Å². The third-order valence-electron chi connectivity index (χ3n) is 8.32. The minimum atomic E-state index is 0.462. The lowest BCUT2D eigenvalue weighted by molar-refractivity contribution is 0.0891. The lowest BCUT2D eigenvalue weighted by Crippen LogP contribution is -2.33. The van der Waals surface area contributed by atoms with Crippen molar-refractivity contribution in [3.63, 3.8) is 0 Å². The number of nitrogens with one attached hydrogen (secondary N) is 1. The van der Waals surface area contributed by atoms with Gasteiger partial charge in [0.1, 0.15) is 0 Å². The first-order valence-electron chi connectivity index (χ1n) is 14.2. The summed E-state index contributed by atoms with van der Waals surface area (Å²) in [7, 11) is 2.00. The Labute approximate surface area is 217 Å². The van der Waals surface area contributed by atoms with Crippen LogP contribution in [-0.4, -0.2) is 7.05 Å². The lowest BCUT2D eigenvalue weighted by Gasteiger charge is -2.45. The van der Waals surface area contributed by atoms with Gasteiger partial charge in [-0.3, -0.25) is 0 Å². The fourth-order valence-electron chi connectivity index (χ4n) is 6.30. The molecule has 0 spiro atoms. The highest BCUT2D eigenvalue weighted by molar-refractivity contribution is 5.43. The summed E-state index contributed by atoms with van der Waals surface area (Å²) in [6.45, 7) is 20.0. The van der Waals surface area contributed by atoms with Gasteiger partial charge in [-0.25, -0.2) is 0 Å². The molecule has 0 amide bonds. The molecule has 1 aromatic carbocycles. The standard InChI is InChI=1S/C34H53N/c1-9-15-30-23-32(31-17-12-11-13-18-31)25-34(24-30,21-10-2)22-14-16-28(6)33(29(7)35-8)20-19-27(5)26(3)4/h11-13,17-20,26,30,32,35H,5-6,9-10,14-16,21-25H2,1-4,7-8H3/b20-19-,33-29-. The van der Waals surface area contributed by atoms with E-state index in [9.17, 15) is 0 Å². The second kappa shape index (κ2) is 14.5. The smallest absolute Gasteiger partial charge is 0.0149 e. The molecule has 1 N–H and O–H groups in total. The van der Waals surface area contributed by atoms with Crippen molar-refractivity contribution >= 4 is 0 Å². The summed E-state index contributed by atoms with van der Waals surface area (Å²) in [4.78, 5) is 0. The fraction of sp³-hybridized carbons (Fsp3) is 0.588. The van der Waals surface area contributed by atoms with Crippen molar-refractivity contribution in [3.8, 4) is 0 Å². The van der Waals surface area contributed by atoms with Crippen LogP contribution >= 0.6 is 0 Å². The summed E-state index contributed by atoms with van der Waals surface area (Å²) in [5, 5.41) is 3.35. The molecule has 3 unspecified atom stereocenters. The van der Waals surface area contributed by atoms with Gasteiger partial charge in [0.2, 0.25) is 0 Å². The predicted molar refractivity (Wildman–Crippen MR) is 157 cm³/mol. The van der Waals surface area contributed by atoms with Gasteiger partial charge in [-0.15, -0.1) is 0 Å². The third kappa shape index (κ3) is 8.85. The molecule has 0 aromatic heterocycles. The molecular formula is C34H53N. The highest BCUT2D eigenvalue weighted by Gasteiger charge is 2.39. The summed E-state index contributed by atoms with van der Waals surface area (Å²) in [5.41, 5.74) is 6.87. The summed E-state index contributed by atoms with van der Waals surface area (Å²) >= 11 is 0. The van der Waals surface area contributed by atoms with Crippen molar-refractivity contribution in [2.24, 2.45) is 17.3 Å². The zero-order chi connectivity index (χ0) is 25.8. The Morgan fingerprint density at radius 2 is 1.77 bits per heavy atom. The molecule has 1 aliphatic rings. The van der Waals surface area contributed by atoms with Crippen molar-refractivity contribution < 1.29 is 0 Å². The van der Waals surface area contributed by atoms with E-state index in [1.807, 2.05) is 7.05 Å². The third-order valence-corrected chi connectivity index (χ3v) is 8.32. The van der Waals surface area contributed by atoms with Gasteiger partial charge in [0, 0.05) is 12.7 Å². The van der Waals surface area contributed by atoms with Gasteiger partial charge in [0.05, 0.1) is 0 Å². The zero-order valence-electron chi connectivity index (χ0n) is 23.8. The Hall–Kier alpha value is -2.02. The molecule has 1 heteroatoms. The summed E-state index contributed by atoms with van der Waals surface area (Å²) in [6.07, 6.45) is 17.4. The van der Waals surface area contributed by atoms with Crippen molar-refractivity contribution in [1.29, 1.82) is 0 Å². The van der Waals surface area contributed by atoms with Crippen LogP contribution in [0.25, 0.3) is 0 Å². The quantitative estimate of drug-likeness (QED) is 0.264. The summed E-state index contributed by atoms with van der Waals surface area (Å²) < 4.78 is 0. The Bertz CT molecular complexity index is 856. The van der Waals surface area contributed by atoms with E-state index in [2.05, 4.69) is 95.6 Å². The molecule has 0 aliphatic heterocycles. The van der Waals surface area contributed by atoms with Crippen LogP contribution in [-0.2, 0) is 0 Å². The predicted octanol–water partition coefficient (Wildman–Crippen LogP) is 10.1.